The van der Waals surface area contributed by atoms with Gasteiger partial charge in [0.05, 0.1) is 6.04 Å². The number of furan rings is 1. The molecule has 0 aliphatic carbocycles. The van der Waals surface area contributed by atoms with Crippen molar-refractivity contribution in [1.29, 1.82) is 0 Å². The fraction of sp³-hybridized carbons (Fsp3) is 0.0952. The first-order valence-corrected chi connectivity index (χ1v) is 9.24. The van der Waals surface area contributed by atoms with E-state index in [9.17, 15) is 0 Å². The molecule has 0 saturated carbocycles. The average molecular weight is 390 g/mol. The summed E-state index contributed by atoms with van der Waals surface area (Å²) in [5.41, 5.74) is 7.56. The molecule has 0 saturated heterocycles. The molecule has 0 radical (unpaired) electrons. The third kappa shape index (κ3) is 3.02. The molecule has 138 valence electrons. The van der Waals surface area contributed by atoms with E-state index in [4.69, 9.17) is 16.0 Å². The minimum atomic E-state index is 0.0476. The summed E-state index contributed by atoms with van der Waals surface area (Å²) in [7, 11) is 0. The zero-order chi connectivity index (χ0) is 19.1. The van der Waals surface area contributed by atoms with Crippen LogP contribution >= 0.6 is 11.6 Å². The fourth-order valence-corrected chi connectivity index (χ4v) is 3.42. The number of hydrogen-bond acceptors (Lipinski definition) is 6. The van der Waals surface area contributed by atoms with Gasteiger partial charge in [-0.3, -0.25) is 9.99 Å². The molecular formula is C21H16ClN5O. The lowest BCUT2D eigenvalue weighted by Gasteiger charge is -2.18. The Labute approximate surface area is 166 Å². The van der Waals surface area contributed by atoms with E-state index in [1.54, 1.807) is 11.2 Å². The molecule has 1 aliphatic rings. The lowest BCUT2D eigenvalue weighted by molar-refractivity contribution is 0.624. The van der Waals surface area contributed by atoms with E-state index in [1.807, 2.05) is 36.5 Å². The highest BCUT2D eigenvalue weighted by Crippen LogP contribution is 2.31. The maximum absolute atomic E-state index is 6.37. The maximum atomic E-state index is 6.37. The van der Waals surface area contributed by atoms with Crippen molar-refractivity contribution >= 4 is 28.6 Å². The van der Waals surface area contributed by atoms with Crippen LogP contribution in [0.15, 0.2) is 71.4 Å². The summed E-state index contributed by atoms with van der Waals surface area (Å²) in [6, 6.07) is 15.9. The molecular weight excluding hydrogens is 374 g/mol. The summed E-state index contributed by atoms with van der Waals surface area (Å²) in [6.45, 7) is 2.08. The van der Waals surface area contributed by atoms with Gasteiger partial charge in [-0.05, 0) is 30.7 Å². The van der Waals surface area contributed by atoms with E-state index in [0.717, 1.165) is 5.69 Å². The van der Waals surface area contributed by atoms with E-state index in [2.05, 4.69) is 51.6 Å². The molecule has 4 aromatic rings. The standard InChI is InChI=1S/C21H16ClN5O/c1-13-5-4-6-14(11-13)15-8-10-27(26-15)21-24-17-12-18(16-7-2-3-9-23-16)28-19(17)20(22)25-21/h2-12,15,26H,1H3. The Hall–Kier alpha value is -3.22. The summed E-state index contributed by atoms with van der Waals surface area (Å²) >= 11 is 6.37. The first kappa shape index (κ1) is 16.9. The van der Waals surface area contributed by atoms with Crippen molar-refractivity contribution in [1.82, 2.24) is 20.4 Å². The summed E-state index contributed by atoms with van der Waals surface area (Å²) in [5.74, 6) is 1.06. The molecule has 1 N–H and O–H groups in total. The highest BCUT2D eigenvalue weighted by molar-refractivity contribution is 6.33. The predicted octanol–water partition coefficient (Wildman–Crippen LogP) is 4.83. The number of fused-ring (bicyclic) bond motifs is 1. The molecule has 1 unspecified atom stereocenters. The van der Waals surface area contributed by atoms with Gasteiger partial charge in [-0.15, -0.1) is 0 Å². The van der Waals surface area contributed by atoms with E-state index in [0.29, 0.717) is 22.8 Å². The van der Waals surface area contributed by atoms with Gasteiger partial charge in [0, 0.05) is 18.5 Å². The van der Waals surface area contributed by atoms with Gasteiger partial charge >= 0.3 is 0 Å². The normalized spacial score (nSPS) is 16.2. The van der Waals surface area contributed by atoms with Crippen molar-refractivity contribution in [2.75, 3.05) is 5.01 Å². The van der Waals surface area contributed by atoms with Crippen LogP contribution in [0, 0.1) is 6.92 Å². The summed E-state index contributed by atoms with van der Waals surface area (Å²) < 4.78 is 5.83. The van der Waals surface area contributed by atoms with Crippen molar-refractivity contribution in [3.8, 4) is 11.5 Å². The molecule has 28 heavy (non-hydrogen) atoms. The molecule has 5 rings (SSSR count). The zero-order valence-electron chi connectivity index (χ0n) is 15.0. The predicted molar refractivity (Wildman–Crippen MR) is 109 cm³/mol. The van der Waals surface area contributed by atoms with Crippen LogP contribution in [0.1, 0.15) is 17.2 Å². The van der Waals surface area contributed by atoms with Crippen LogP contribution in [0.25, 0.3) is 22.6 Å². The molecule has 1 atom stereocenters. The number of anilines is 1. The van der Waals surface area contributed by atoms with Crippen LogP contribution < -0.4 is 10.4 Å². The second kappa shape index (κ2) is 6.74. The molecule has 4 heterocycles. The number of pyridine rings is 1. The Morgan fingerprint density at radius 3 is 2.86 bits per heavy atom. The van der Waals surface area contributed by atoms with E-state index in [1.165, 1.54) is 11.1 Å². The first-order valence-electron chi connectivity index (χ1n) is 8.86. The van der Waals surface area contributed by atoms with Crippen molar-refractivity contribution in [3.63, 3.8) is 0 Å². The van der Waals surface area contributed by atoms with Crippen molar-refractivity contribution < 1.29 is 4.42 Å². The first-order chi connectivity index (χ1) is 13.7. The molecule has 1 aliphatic heterocycles. The second-order valence-corrected chi connectivity index (χ2v) is 6.94. The minimum Gasteiger partial charge on any atom is -0.449 e. The van der Waals surface area contributed by atoms with Crippen molar-refractivity contribution in [2.45, 2.75) is 13.0 Å². The third-order valence-electron chi connectivity index (χ3n) is 4.56. The molecule has 7 heteroatoms. The Kier molecular flexibility index (Phi) is 4.07. The van der Waals surface area contributed by atoms with Gasteiger partial charge in [0.2, 0.25) is 5.95 Å². The van der Waals surface area contributed by atoms with Gasteiger partial charge in [-0.25, -0.2) is 10.4 Å². The number of halogens is 1. The minimum absolute atomic E-state index is 0.0476. The number of nitrogens with zero attached hydrogens (tertiary/aromatic N) is 4. The monoisotopic (exact) mass is 389 g/mol. The van der Waals surface area contributed by atoms with Gasteiger partial charge < -0.3 is 4.42 Å². The Balaban J connectivity index is 1.46. The van der Waals surface area contributed by atoms with Crippen LogP contribution in [0.2, 0.25) is 5.15 Å². The Morgan fingerprint density at radius 2 is 2.04 bits per heavy atom. The van der Waals surface area contributed by atoms with Gasteiger partial charge in [-0.2, -0.15) is 4.98 Å². The van der Waals surface area contributed by atoms with Gasteiger partial charge in [-0.1, -0.05) is 47.5 Å². The molecule has 1 aromatic carbocycles. The Bertz CT molecular complexity index is 1190. The van der Waals surface area contributed by atoms with E-state index < -0.39 is 0 Å². The number of aryl methyl sites for hydroxylation is 1. The number of benzene rings is 1. The smallest absolute Gasteiger partial charge is 0.246 e. The fourth-order valence-electron chi connectivity index (χ4n) is 3.21. The third-order valence-corrected chi connectivity index (χ3v) is 4.81. The van der Waals surface area contributed by atoms with Gasteiger partial charge in [0.25, 0.3) is 0 Å². The number of hydrogen-bond donors (Lipinski definition) is 1. The average Bonchev–Trinajstić information content (AvgIpc) is 3.36. The van der Waals surface area contributed by atoms with Crippen LogP contribution in [0.3, 0.4) is 0 Å². The van der Waals surface area contributed by atoms with Crippen LogP contribution in [0.5, 0.6) is 0 Å². The van der Waals surface area contributed by atoms with Gasteiger partial charge in [0.1, 0.15) is 11.2 Å². The second-order valence-electron chi connectivity index (χ2n) is 6.59. The molecule has 0 fully saturated rings. The topological polar surface area (TPSA) is 67.1 Å². The Morgan fingerprint density at radius 1 is 1.11 bits per heavy atom. The lowest BCUT2D eigenvalue weighted by Crippen LogP contribution is -2.32. The maximum Gasteiger partial charge on any atom is 0.246 e. The largest absolute Gasteiger partial charge is 0.449 e. The number of nitrogens with one attached hydrogen (secondary N) is 1. The molecule has 0 bridgehead atoms. The number of hydrazine groups is 1. The van der Waals surface area contributed by atoms with Crippen LogP contribution in [-0.4, -0.2) is 15.0 Å². The number of rotatable bonds is 3. The van der Waals surface area contributed by atoms with Crippen LogP contribution in [0.4, 0.5) is 5.95 Å². The van der Waals surface area contributed by atoms with E-state index >= 15 is 0 Å². The SMILES string of the molecule is Cc1cccc(C2C=CN(c3nc(Cl)c4oc(-c5ccccn5)cc4n3)N2)c1. The number of aromatic nitrogens is 3. The molecule has 6 nitrogen and oxygen atoms in total. The highest BCUT2D eigenvalue weighted by atomic mass is 35.5. The van der Waals surface area contributed by atoms with Crippen molar-refractivity contribution in [3.05, 3.63) is 83.3 Å². The van der Waals surface area contributed by atoms with Gasteiger partial charge in [0.15, 0.2) is 16.5 Å². The summed E-state index contributed by atoms with van der Waals surface area (Å²) in [4.78, 5) is 13.3. The molecule has 0 spiro atoms. The lowest BCUT2D eigenvalue weighted by atomic mass is 10.1. The van der Waals surface area contributed by atoms with Crippen molar-refractivity contribution in [2.24, 2.45) is 0 Å². The molecule has 3 aromatic heterocycles. The quantitative estimate of drug-likeness (QED) is 0.506. The summed E-state index contributed by atoms with van der Waals surface area (Å²) in [5, 5.41) is 2.03. The molecule has 0 amide bonds. The van der Waals surface area contributed by atoms with Crippen LogP contribution in [-0.2, 0) is 0 Å². The zero-order valence-corrected chi connectivity index (χ0v) is 15.8. The van der Waals surface area contributed by atoms with E-state index in [-0.39, 0.29) is 11.2 Å². The highest BCUT2D eigenvalue weighted by Gasteiger charge is 2.22. The summed E-state index contributed by atoms with van der Waals surface area (Å²) in [6.07, 6.45) is 5.68.